The Balaban J connectivity index is 1.55. The summed E-state index contributed by atoms with van der Waals surface area (Å²) in [4.78, 5) is 28.4. The monoisotopic (exact) mass is 426 g/mol. The maximum absolute atomic E-state index is 12.7. The Morgan fingerprint density at radius 1 is 1.24 bits per heavy atom. The quantitative estimate of drug-likeness (QED) is 0.318. The summed E-state index contributed by atoms with van der Waals surface area (Å²) in [7, 11) is 0. The fraction of sp³-hybridized carbons (Fsp3) is 0.316. The number of para-hydroxylation sites is 2. The lowest BCUT2D eigenvalue weighted by molar-refractivity contribution is -0.141. The maximum Gasteiger partial charge on any atom is 0.406 e. The van der Waals surface area contributed by atoms with Crippen LogP contribution in [-0.2, 0) is 16.1 Å². The summed E-state index contributed by atoms with van der Waals surface area (Å²) in [5.74, 6) is -1.34. The molecule has 0 aliphatic heterocycles. The van der Waals surface area contributed by atoms with Crippen molar-refractivity contribution >= 4 is 34.6 Å². The largest absolute Gasteiger partial charge is 0.457 e. The van der Waals surface area contributed by atoms with Gasteiger partial charge in [0.25, 0.3) is 5.22 Å². The number of aromatic nitrogens is 2. The fourth-order valence-corrected chi connectivity index (χ4v) is 3.44. The minimum absolute atomic E-state index is 0.103. The van der Waals surface area contributed by atoms with E-state index in [1.54, 1.807) is 18.2 Å². The van der Waals surface area contributed by atoms with E-state index in [4.69, 9.17) is 9.15 Å². The third kappa shape index (κ3) is 5.20. The maximum atomic E-state index is 12.7. The first-order valence-corrected chi connectivity index (χ1v) is 9.53. The molecule has 2 aromatic heterocycles. The molecular formula is C19H17F3N2O4S. The molecule has 0 saturated carbocycles. The predicted molar refractivity (Wildman–Crippen MR) is 100.0 cm³/mol. The van der Waals surface area contributed by atoms with Crippen molar-refractivity contribution < 1.29 is 31.9 Å². The number of oxazole rings is 1. The standard InChI is InChI=1S/C19H17F3N2O4S/c1-11-7-13(12(2)24(11)10-19(20,21)22)15(25)8-27-17(26)9-29-18-23-14-5-3-4-6-16(14)28-18/h3-7H,8-10H2,1-2H3. The predicted octanol–water partition coefficient (Wildman–Crippen LogP) is 4.33. The van der Waals surface area contributed by atoms with Gasteiger partial charge >= 0.3 is 12.1 Å². The molecule has 0 atom stereocenters. The van der Waals surface area contributed by atoms with Crippen LogP contribution in [0, 0.1) is 13.8 Å². The number of nitrogens with zero attached hydrogens (tertiary/aromatic N) is 2. The number of benzene rings is 1. The van der Waals surface area contributed by atoms with Gasteiger partial charge in [-0.2, -0.15) is 13.2 Å². The molecule has 0 bridgehead atoms. The van der Waals surface area contributed by atoms with Crippen molar-refractivity contribution in [2.24, 2.45) is 0 Å². The number of carbonyl (C=O) groups is 2. The summed E-state index contributed by atoms with van der Waals surface area (Å²) in [6.07, 6.45) is -4.40. The first kappa shape index (κ1) is 21.0. The summed E-state index contributed by atoms with van der Waals surface area (Å²) in [5, 5.41) is 0.296. The Labute approximate surface area is 168 Å². The highest BCUT2D eigenvalue weighted by atomic mass is 32.2. The molecule has 0 N–H and O–H groups in total. The summed E-state index contributed by atoms with van der Waals surface area (Å²) in [5.41, 5.74) is 1.84. The molecule has 1 aromatic carbocycles. The molecule has 0 aliphatic carbocycles. The van der Waals surface area contributed by atoms with E-state index in [9.17, 15) is 22.8 Å². The molecule has 6 nitrogen and oxygen atoms in total. The Bertz CT molecular complexity index is 1020. The molecule has 3 rings (SSSR count). The van der Waals surface area contributed by atoms with Gasteiger partial charge in [0.05, 0.1) is 0 Å². The molecule has 0 amide bonds. The number of esters is 1. The van der Waals surface area contributed by atoms with E-state index in [2.05, 4.69) is 4.98 Å². The van der Waals surface area contributed by atoms with Crippen molar-refractivity contribution in [3.63, 3.8) is 0 Å². The fourth-order valence-electron chi connectivity index (χ4n) is 2.80. The Hall–Kier alpha value is -2.75. The molecule has 0 radical (unpaired) electrons. The highest BCUT2D eigenvalue weighted by Crippen LogP contribution is 2.24. The highest BCUT2D eigenvalue weighted by molar-refractivity contribution is 7.99. The number of ketones is 1. The van der Waals surface area contributed by atoms with E-state index in [-0.39, 0.29) is 17.0 Å². The van der Waals surface area contributed by atoms with Crippen LogP contribution in [0.2, 0.25) is 0 Å². The van der Waals surface area contributed by atoms with Gasteiger partial charge in [0, 0.05) is 17.0 Å². The van der Waals surface area contributed by atoms with Gasteiger partial charge in [-0.25, -0.2) is 4.98 Å². The van der Waals surface area contributed by atoms with Crippen LogP contribution in [0.4, 0.5) is 13.2 Å². The molecule has 154 valence electrons. The minimum atomic E-state index is -4.40. The second kappa shape index (κ2) is 8.32. The van der Waals surface area contributed by atoms with Crippen LogP contribution in [0.15, 0.2) is 40.0 Å². The van der Waals surface area contributed by atoms with E-state index in [1.165, 1.54) is 19.9 Å². The van der Waals surface area contributed by atoms with E-state index in [1.807, 2.05) is 6.07 Å². The third-order valence-corrected chi connectivity index (χ3v) is 4.97. The number of rotatable bonds is 7. The van der Waals surface area contributed by atoms with Crippen molar-refractivity contribution in [2.75, 3.05) is 12.4 Å². The van der Waals surface area contributed by atoms with Crippen molar-refractivity contribution in [3.8, 4) is 0 Å². The van der Waals surface area contributed by atoms with Gasteiger partial charge in [-0.3, -0.25) is 9.59 Å². The van der Waals surface area contributed by atoms with Crippen LogP contribution in [0.3, 0.4) is 0 Å². The molecule has 0 spiro atoms. The Morgan fingerprint density at radius 3 is 2.66 bits per heavy atom. The first-order valence-electron chi connectivity index (χ1n) is 8.55. The Morgan fingerprint density at radius 2 is 1.97 bits per heavy atom. The van der Waals surface area contributed by atoms with Crippen molar-refractivity contribution in [2.45, 2.75) is 31.8 Å². The average Bonchev–Trinajstić information content (AvgIpc) is 3.19. The van der Waals surface area contributed by atoms with E-state index < -0.39 is 31.1 Å². The number of aryl methyl sites for hydroxylation is 1. The molecule has 0 saturated heterocycles. The molecule has 2 heterocycles. The highest BCUT2D eigenvalue weighted by Gasteiger charge is 2.30. The number of hydrogen-bond acceptors (Lipinski definition) is 6. The normalized spacial score (nSPS) is 11.8. The van der Waals surface area contributed by atoms with Gasteiger partial charge in [-0.15, -0.1) is 0 Å². The van der Waals surface area contributed by atoms with Gasteiger partial charge in [-0.1, -0.05) is 23.9 Å². The third-order valence-electron chi connectivity index (χ3n) is 4.16. The minimum Gasteiger partial charge on any atom is -0.457 e. The zero-order chi connectivity index (χ0) is 21.2. The molecule has 29 heavy (non-hydrogen) atoms. The van der Waals surface area contributed by atoms with Crippen molar-refractivity contribution in [1.29, 1.82) is 0 Å². The summed E-state index contributed by atoms with van der Waals surface area (Å²) < 4.78 is 49.4. The number of hydrogen-bond donors (Lipinski definition) is 0. The SMILES string of the molecule is Cc1cc(C(=O)COC(=O)CSc2nc3ccccc3o2)c(C)n1CC(F)(F)F. The summed E-state index contributed by atoms with van der Waals surface area (Å²) in [6.45, 7) is 1.18. The number of thioether (sulfide) groups is 1. The molecule has 10 heteroatoms. The topological polar surface area (TPSA) is 74.3 Å². The number of carbonyl (C=O) groups excluding carboxylic acids is 2. The lowest BCUT2D eigenvalue weighted by Crippen LogP contribution is -2.20. The van der Waals surface area contributed by atoms with Crippen LogP contribution >= 0.6 is 11.8 Å². The van der Waals surface area contributed by atoms with Gasteiger partial charge in [0.1, 0.15) is 17.8 Å². The average molecular weight is 426 g/mol. The van der Waals surface area contributed by atoms with Crippen LogP contribution in [-0.4, -0.2) is 39.8 Å². The first-order chi connectivity index (χ1) is 13.6. The zero-order valence-corrected chi connectivity index (χ0v) is 16.4. The molecule has 0 fully saturated rings. The van der Waals surface area contributed by atoms with E-state index in [0.717, 1.165) is 16.3 Å². The number of ether oxygens (including phenoxy) is 1. The lowest BCUT2D eigenvalue weighted by Gasteiger charge is -2.12. The van der Waals surface area contributed by atoms with Crippen molar-refractivity contribution in [3.05, 3.63) is 47.3 Å². The smallest absolute Gasteiger partial charge is 0.406 e. The number of halogens is 3. The zero-order valence-electron chi connectivity index (χ0n) is 15.6. The van der Waals surface area contributed by atoms with Crippen LogP contribution < -0.4 is 0 Å². The van der Waals surface area contributed by atoms with Crippen LogP contribution in [0.5, 0.6) is 0 Å². The molecule has 3 aromatic rings. The molecular weight excluding hydrogens is 409 g/mol. The lowest BCUT2D eigenvalue weighted by atomic mass is 10.1. The van der Waals surface area contributed by atoms with Gasteiger partial charge in [0.15, 0.2) is 12.2 Å². The van der Waals surface area contributed by atoms with E-state index >= 15 is 0 Å². The van der Waals surface area contributed by atoms with Crippen molar-refractivity contribution in [1.82, 2.24) is 9.55 Å². The number of fused-ring (bicyclic) bond motifs is 1. The second-order valence-electron chi connectivity index (χ2n) is 6.31. The Kier molecular flexibility index (Phi) is 6.02. The van der Waals surface area contributed by atoms with Gasteiger partial charge < -0.3 is 13.7 Å². The molecule has 0 unspecified atom stereocenters. The van der Waals surface area contributed by atoms with Crippen LogP contribution in [0.1, 0.15) is 21.7 Å². The number of Topliss-reactive ketones (excluding diaryl/α,β-unsaturated/α-hetero) is 1. The van der Waals surface area contributed by atoms with Gasteiger partial charge in [-0.05, 0) is 32.0 Å². The van der Waals surface area contributed by atoms with Crippen LogP contribution in [0.25, 0.3) is 11.1 Å². The molecule has 0 aliphatic rings. The summed E-state index contributed by atoms with van der Waals surface area (Å²) in [6, 6.07) is 8.50. The van der Waals surface area contributed by atoms with E-state index in [0.29, 0.717) is 22.0 Å². The number of alkyl halides is 3. The summed E-state index contributed by atoms with van der Waals surface area (Å²) >= 11 is 1.03. The second-order valence-corrected chi connectivity index (χ2v) is 7.23. The van der Waals surface area contributed by atoms with Gasteiger partial charge in [0.2, 0.25) is 5.78 Å².